The Balaban J connectivity index is 2.36. The van der Waals surface area contributed by atoms with Gasteiger partial charge >= 0.3 is 0 Å². The summed E-state index contributed by atoms with van der Waals surface area (Å²) in [6.45, 7) is 8.72. The highest BCUT2D eigenvalue weighted by molar-refractivity contribution is 9.11. The number of aryl methyl sites for hydroxylation is 3. The van der Waals surface area contributed by atoms with Gasteiger partial charge in [0.05, 0.1) is 5.69 Å². The zero-order valence-electron chi connectivity index (χ0n) is 12.2. The zero-order chi connectivity index (χ0) is 14.9. The maximum absolute atomic E-state index is 3.60. The molecule has 1 nitrogen and oxygen atoms in total. The lowest BCUT2D eigenvalue weighted by molar-refractivity contribution is 0.860. The second-order valence-corrected chi connectivity index (χ2v) is 6.98. The van der Waals surface area contributed by atoms with Crippen molar-refractivity contribution in [1.82, 2.24) is 0 Å². The molecule has 0 bridgehead atoms. The Morgan fingerprint density at radius 1 is 0.950 bits per heavy atom. The lowest BCUT2D eigenvalue weighted by Crippen LogP contribution is -2.11. The van der Waals surface area contributed by atoms with E-state index in [0.29, 0.717) is 0 Å². The molecule has 0 heterocycles. The van der Waals surface area contributed by atoms with E-state index in [1.54, 1.807) is 0 Å². The Morgan fingerprint density at radius 3 is 1.95 bits per heavy atom. The SMILES string of the molecule is Cc1cc(C)c(C(C)Nc2c(Br)cccc2Br)c(C)c1. The quantitative estimate of drug-likeness (QED) is 0.640. The second-order valence-electron chi connectivity index (χ2n) is 5.28. The average molecular weight is 397 g/mol. The third kappa shape index (κ3) is 3.26. The molecule has 0 amide bonds. The molecule has 0 aliphatic carbocycles. The Bertz CT molecular complexity index is 592. The molecule has 1 N–H and O–H groups in total. The molecule has 20 heavy (non-hydrogen) atoms. The summed E-state index contributed by atoms with van der Waals surface area (Å²) >= 11 is 7.21. The molecule has 106 valence electrons. The minimum absolute atomic E-state index is 0.255. The molecule has 0 saturated carbocycles. The van der Waals surface area contributed by atoms with Crippen LogP contribution < -0.4 is 5.32 Å². The number of hydrogen-bond acceptors (Lipinski definition) is 1. The van der Waals surface area contributed by atoms with Gasteiger partial charge in [-0.15, -0.1) is 0 Å². The van der Waals surface area contributed by atoms with Crippen LogP contribution in [0.2, 0.25) is 0 Å². The predicted octanol–water partition coefficient (Wildman–Crippen LogP) is 6.31. The summed E-state index contributed by atoms with van der Waals surface area (Å²) in [6.07, 6.45) is 0. The molecule has 2 aromatic rings. The van der Waals surface area contributed by atoms with E-state index in [9.17, 15) is 0 Å². The molecule has 0 aromatic heterocycles. The fourth-order valence-corrected chi connectivity index (χ4v) is 4.03. The fourth-order valence-electron chi connectivity index (χ4n) is 2.80. The number of anilines is 1. The Morgan fingerprint density at radius 2 is 1.45 bits per heavy atom. The molecule has 0 radical (unpaired) electrons. The topological polar surface area (TPSA) is 12.0 Å². The van der Waals surface area contributed by atoms with Crippen molar-refractivity contribution in [2.24, 2.45) is 0 Å². The van der Waals surface area contributed by atoms with Gasteiger partial charge in [-0.1, -0.05) is 23.8 Å². The van der Waals surface area contributed by atoms with Gasteiger partial charge in [-0.2, -0.15) is 0 Å². The summed E-state index contributed by atoms with van der Waals surface area (Å²) in [5, 5.41) is 3.60. The van der Waals surface area contributed by atoms with Crippen molar-refractivity contribution < 1.29 is 0 Å². The third-order valence-corrected chi connectivity index (χ3v) is 4.82. The highest BCUT2D eigenvalue weighted by atomic mass is 79.9. The Kier molecular flexibility index (Phi) is 4.92. The summed E-state index contributed by atoms with van der Waals surface area (Å²) in [6, 6.07) is 10.9. The van der Waals surface area contributed by atoms with Crippen LogP contribution in [0.5, 0.6) is 0 Å². The van der Waals surface area contributed by atoms with E-state index in [4.69, 9.17) is 0 Å². The molecular formula is C17H19Br2N. The van der Waals surface area contributed by atoms with E-state index in [0.717, 1.165) is 14.6 Å². The number of para-hydroxylation sites is 1. The van der Waals surface area contributed by atoms with Crippen LogP contribution in [-0.2, 0) is 0 Å². The van der Waals surface area contributed by atoms with Crippen molar-refractivity contribution >= 4 is 37.5 Å². The van der Waals surface area contributed by atoms with Crippen molar-refractivity contribution in [1.29, 1.82) is 0 Å². The molecule has 2 aromatic carbocycles. The summed E-state index contributed by atoms with van der Waals surface area (Å²) in [4.78, 5) is 0. The smallest absolute Gasteiger partial charge is 0.0633 e. The molecule has 0 fully saturated rings. The minimum atomic E-state index is 0.255. The third-order valence-electron chi connectivity index (χ3n) is 3.49. The van der Waals surface area contributed by atoms with Gasteiger partial charge < -0.3 is 5.32 Å². The molecular weight excluding hydrogens is 378 g/mol. The maximum Gasteiger partial charge on any atom is 0.0633 e. The summed E-state index contributed by atoms with van der Waals surface area (Å²) < 4.78 is 2.14. The van der Waals surface area contributed by atoms with Crippen molar-refractivity contribution in [3.63, 3.8) is 0 Å². The van der Waals surface area contributed by atoms with E-state index < -0.39 is 0 Å². The number of nitrogens with one attached hydrogen (secondary N) is 1. The van der Waals surface area contributed by atoms with E-state index in [1.807, 2.05) is 6.07 Å². The number of hydrogen-bond donors (Lipinski definition) is 1. The van der Waals surface area contributed by atoms with Gasteiger partial charge in [0.2, 0.25) is 0 Å². The van der Waals surface area contributed by atoms with Crippen LogP contribution in [0.1, 0.15) is 35.2 Å². The molecule has 0 spiro atoms. The first-order valence-corrected chi connectivity index (χ1v) is 8.27. The minimum Gasteiger partial charge on any atom is -0.377 e. The molecule has 2 rings (SSSR count). The van der Waals surface area contributed by atoms with E-state index in [1.165, 1.54) is 22.3 Å². The van der Waals surface area contributed by atoms with Gasteiger partial charge in [0.15, 0.2) is 0 Å². The van der Waals surface area contributed by atoms with Crippen LogP contribution in [-0.4, -0.2) is 0 Å². The van der Waals surface area contributed by atoms with E-state index >= 15 is 0 Å². The van der Waals surface area contributed by atoms with Crippen LogP contribution in [0.4, 0.5) is 5.69 Å². The molecule has 0 aliphatic rings. The molecule has 1 atom stereocenters. The average Bonchev–Trinajstić information content (AvgIpc) is 2.32. The summed E-state index contributed by atoms with van der Waals surface area (Å²) in [7, 11) is 0. The standard InChI is InChI=1S/C17H19Br2N/c1-10-8-11(2)16(12(3)9-10)13(4)20-17-14(18)6-5-7-15(17)19/h5-9,13,20H,1-4H3. The summed E-state index contributed by atoms with van der Waals surface area (Å²) in [5.74, 6) is 0. The van der Waals surface area contributed by atoms with Crippen molar-refractivity contribution in [2.75, 3.05) is 5.32 Å². The van der Waals surface area contributed by atoms with Gasteiger partial charge in [-0.05, 0) is 88.4 Å². The number of halogens is 2. The summed E-state index contributed by atoms with van der Waals surface area (Å²) in [5.41, 5.74) is 6.46. The number of benzene rings is 2. The number of rotatable bonds is 3. The molecule has 0 saturated heterocycles. The van der Waals surface area contributed by atoms with Gasteiger partial charge in [0.25, 0.3) is 0 Å². The monoisotopic (exact) mass is 395 g/mol. The van der Waals surface area contributed by atoms with Crippen LogP contribution in [0.25, 0.3) is 0 Å². The van der Waals surface area contributed by atoms with Gasteiger partial charge in [-0.3, -0.25) is 0 Å². The Hall–Kier alpha value is -0.800. The second kappa shape index (κ2) is 6.31. The van der Waals surface area contributed by atoms with Crippen molar-refractivity contribution in [3.05, 3.63) is 61.5 Å². The maximum atomic E-state index is 3.60. The fraction of sp³-hybridized carbons (Fsp3) is 0.294. The molecule has 3 heteroatoms. The normalized spacial score (nSPS) is 12.3. The van der Waals surface area contributed by atoms with Gasteiger partial charge in [-0.25, -0.2) is 0 Å². The lowest BCUT2D eigenvalue weighted by atomic mass is 9.95. The highest BCUT2D eigenvalue weighted by Crippen LogP contribution is 2.34. The van der Waals surface area contributed by atoms with E-state index in [2.05, 4.69) is 89.1 Å². The van der Waals surface area contributed by atoms with Gasteiger partial charge in [0.1, 0.15) is 0 Å². The lowest BCUT2D eigenvalue weighted by Gasteiger charge is -2.22. The highest BCUT2D eigenvalue weighted by Gasteiger charge is 2.14. The first-order valence-electron chi connectivity index (χ1n) is 6.68. The Labute approximate surface area is 138 Å². The molecule has 1 unspecified atom stereocenters. The van der Waals surface area contributed by atoms with Crippen molar-refractivity contribution in [3.8, 4) is 0 Å². The largest absolute Gasteiger partial charge is 0.377 e. The van der Waals surface area contributed by atoms with Crippen LogP contribution in [0, 0.1) is 20.8 Å². The van der Waals surface area contributed by atoms with E-state index in [-0.39, 0.29) is 6.04 Å². The van der Waals surface area contributed by atoms with Crippen LogP contribution in [0.15, 0.2) is 39.3 Å². The first kappa shape index (κ1) is 15.6. The van der Waals surface area contributed by atoms with Crippen LogP contribution in [0.3, 0.4) is 0 Å². The van der Waals surface area contributed by atoms with Crippen LogP contribution >= 0.6 is 31.9 Å². The predicted molar refractivity (Wildman–Crippen MR) is 94.5 cm³/mol. The molecule has 0 aliphatic heterocycles. The zero-order valence-corrected chi connectivity index (χ0v) is 15.4. The van der Waals surface area contributed by atoms with Crippen molar-refractivity contribution in [2.45, 2.75) is 33.7 Å². The van der Waals surface area contributed by atoms with Gasteiger partial charge in [0, 0.05) is 15.0 Å². The first-order chi connectivity index (χ1) is 9.40.